The molecule has 0 aliphatic carbocycles. The number of alkyl halides is 3. The number of aryl methyl sites for hydroxylation is 1. The van der Waals surface area contributed by atoms with Gasteiger partial charge in [0.25, 0.3) is 5.92 Å². The van der Waals surface area contributed by atoms with E-state index in [1.165, 1.54) is 6.92 Å². The van der Waals surface area contributed by atoms with E-state index >= 15 is 0 Å². The molecule has 0 fully saturated rings. The van der Waals surface area contributed by atoms with Crippen LogP contribution in [-0.2, 0) is 11.8 Å². The van der Waals surface area contributed by atoms with Gasteiger partial charge in [0.15, 0.2) is 0 Å². The highest BCUT2D eigenvalue weighted by atomic mass is 79.9. The second-order valence-corrected chi connectivity index (χ2v) is 6.74. The van der Waals surface area contributed by atoms with Gasteiger partial charge in [0.05, 0.1) is 5.41 Å². The fourth-order valence-electron chi connectivity index (χ4n) is 2.56. The second kappa shape index (κ2) is 5.79. The van der Waals surface area contributed by atoms with Gasteiger partial charge in [-0.05, 0) is 49.9 Å². The van der Waals surface area contributed by atoms with Crippen LogP contribution >= 0.6 is 15.9 Å². The van der Waals surface area contributed by atoms with E-state index in [2.05, 4.69) is 22.5 Å². The maximum atomic E-state index is 14.9. The van der Waals surface area contributed by atoms with Gasteiger partial charge in [0, 0.05) is 11.4 Å². The van der Waals surface area contributed by atoms with Crippen molar-refractivity contribution in [3.8, 4) is 0 Å². The molecular weight excluding hydrogens is 341 g/mol. The Kier molecular flexibility index (Phi) is 5.04. The summed E-state index contributed by atoms with van der Waals surface area (Å²) >= 11 is 3.39. The van der Waals surface area contributed by atoms with Crippen LogP contribution in [0.25, 0.3) is 0 Å². The molecule has 2 atom stereocenters. The number of hydrogen-bond donors (Lipinski definition) is 0. The molecule has 0 nitrogen and oxygen atoms in total. The predicted molar refractivity (Wildman–Crippen MR) is 85.9 cm³/mol. The van der Waals surface area contributed by atoms with Gasteiger partial charge in [-0.25, -0.2) is 13.2 Å². The zero-order chi connectivity index (χ0) is 16.6. The van der Waals surface area contributed by atoms with Crippen LogP contribution in [0.1, 0.15) is 44.4 Å². The lowest BCUT2D eigenvalue weighted by molar-refractivity contribution is -0.104. The smallest absolute Gasteiger partial charge is 0.238 e. The van der Waals surface area contributed by atoms with Crippen molar-refractivity contribution < 1.29 is 13.2 Å². The van der Waals surface area contributed by atoms with Gasteiger partial charge in [0.2, 0.25) is 0 Å². The summed E-state index contributed by atoms with van der Waals surface area (Å²) in [5.41, 5.74) is -2.06. The molecule has 2 unspecified atom stereocenters. The molecule has 0 saturated heterocycles. The Bertz CT molecular complexity index is 544. The fourth-order valence-corrected chi connectivity index (χ4v) is 3.06. The van der Waals surface area contributed by atoms with Crippen molar-refractivity contribution >= 4 is 15.9 Å². The monoisotopic (exact) mass is 362 g/mol. The van der Waals surface area contributed by atoms with Gasteiger partial charge in [0.1, 0.15) is 5.67 Å². The maximum Gasteiger partial charge on any atom is 0.258 e. The number of halogens is 4. The van der Waals surface area contributed by atoms with Gasteiger partial charge in [-0.2, -0.15) is 0 Å². The Labute approximate surface area is 133 Å². The molecule has 0 N–H and O–H groups in total. The first-order valence-electron chi connectivity index (χ1n) is 6.92. The van der Waals surface area contributed by atoms with Crippen LogP contribution in [0.3, 0.4) is 0 Å². The van der Waals surface area contributed by atoms with Crippen molar-refractivity contribution in [3.63, 3.8) is 0 Å². The van der Waals surface area contributed by atoms with Crippen LogP contribution in [0.2, 0.25) is 0 Å². The van der Waals surface area contributed by atoms with E-state index in [9.17, 15) is 13.2 Å². The van der Waals surface area contributed by atoms with Crippen molar-refractivity contribution in [1.82, 2.24) is 0 Å². The lowest BCUT2D eigenvalue weighted by Crippen LogP contribution is -2.54. The Hall–Kier alpha value is -0.770. The molecule has 0 aromatic heterocycles. The minimum Gasteiger partial charge on any atom is -0.238 e. The standard InChI is InChI=1S/C17H22BrF3/c1-7-12-9-13(10-14(18)11(12)3)16(5,17(6,20)21)15(4,19)8-2/h8-10H,2,7H2,1,3-6H3. The Morgan fingerprint density at radius 3 is 2.10 bits per heavy atom. The average molecular weight is 363 g/mol. The molecule has 0 bridgehead atoms. The third-order valence-corrected chi connectivity index (χ3v) is 5.47. The molecule has 21 heavy (non-hydrogen) atoms. The zero-order valence-corrected chi connectivity index (χ0v) is 14.7. The molecule has 0 spiro atoms. The lowest BCUT2D eigenvalue weighted by atomic mass is 9.66. The van der Waals surface area contributed by atoms with Gasteiger partial charge in [-0.1, -0.05) is 41.6 Å². The van der Waals surface area contributed by atoms with Crippen LogP contribution in [0, 0.1) is 6.92 Å². The Balaban J connectivity index is 3.71. The van der Waals surface area contributed by atoms with E-state index in [0.717, 1.165) is 31.1 Å². The molecule has 118 valence electrons. The minimum absolute atomic E-state index is 0.272. The second-order valence-electron chi connectivity index (χ2n) is 5.89. The van der Waals surface area contributed by atoms with Crippen molar-refractivity contribution in [2.45, 2.75) is 58.0 Å². The number of allylic oxidation sites excluding steroid dienone is 1. The van der Waals surface area contributed by atoms with Crippen LogP contribution in [0.15, 0.2) is 29.3 Å². The fraction of sp³-hybridized carbons (Fsp3) is 0.529. The first kappa shape index (κ1) is 18.3. The number of benzene rings is 1. The third kappa shape index (κ3) is 2.92. The lowest BCUT2D eigenvalue weighted by Gasteiger charge is -2.44. The molecule has 1 aromatic rings. The van der Waals surface area contributed by atoms with Gasteiger partial charge in [-0.3, -0.25) is 0 Å². The van der Waals surface area contributed by atoms with Gasteiger partial charge < -0.3 is 0 Å². The van der Waals surface area contributed by atoms with E-state index in [1.54, 1.807) is 12.1 Å². The summed E-state index contributed by atoms with van der Waals surface area (Å²) < 4.78 is 44.2. The Morgan fingerprint density at radius 2 is 1.71 bits per heavy atom. The van der Waals surface area contributed by atoms with E-state index in [1.807, 2.05) is 13.8 Å². The summed E-state index contributed by atoms with van der Waals surface area (Å²) in [6.45, 7) is 10.4. The van der Waals surface area contributed by atoms with Crippen LogP contribution in [0.5, 0.6) is 0 Å². The van der Waals surface area contributed by atoms with Gasteiger partial charge >= 0.3 is 0 Å². The summed E-state index contributed by atoms with van der Waals surface area (Å²) in [4.78, 5) is 0. The molecule has 4 heteroatoms. The first-order chi connectivity index (χ1) is 9.42. The molecule has 0 aliphatic heterocycles. The van der Waals surface area contributed by atoms with Crippen molar-refractivity contribution in [2.75, 3.05) is 0 Å². The quantitative estimate of drug-likeness (QED) is 0.551. The summed E-state index contributed by atoms with van der Waals surface area (Å²) in [6.07, 6.45) is 1.66. The van der Waals surface area contributed by atoms with Crippen molar-refractivity contribution in [3.05, 3.63) is 46.0 Å². The highest BCUT2D eigenvalue weighted by molar-refractivity contribution is 9.10. The van der Waals surface area contributed by atoms with E-state index in [-0.39, 0.29) is 5.56 Å². The van der Waals surface area contributed by atoms with Crippen molar-refractivity contribution in [2.24, 2.45) is 0 Å². The molecule has 1 aromatic carbocycles. The number of rotatable bonds is 5. The highest BCUT2D eigenvalue weighted by Crippen LogP contribution is 2.50. The van der Waals surface area contributed by atoms with E-state index < -0.39 is 17.0 Å². The summed E-state index contributed by atoms with van der Waals surface area (Å²) in [5.74, 6) is -3.25. The Morgan fingerprint density at radius 1 is 1.19 bits per heavy atom. The van der Waals surface area contributed by atoms with Crippen LogP contribution in [-0.4, -0.2) is 11.6 Å². The summed E-state index contributed by atoms with van der Waals surface area (Å²) in [7, 11) is 0. The van der Waals surface area contributed by atoms with Crippen molar-refractivity contribution in [1.29, 1.82) is 0 Å². The molecule has 0 aliphatic rings. The predicted octanol–water partition coefficient (Wildman–Crippen LogP) is 6.15. The number of hydrogen-bond acceptors (Lipinski definition) is 0. The first-order valence-corrected chi connectivity index (χ1v) is 7.71. The minimum atomic E-state index is -3.25. The normalized spacial score (nSPS) is 18.0. The topological polar surface area (TPSA) is 0 Å². The highest BCUT2D eigenvalue weighted by Gasteiger charge is 2.58. The third-order valence-electron chi connectivity index (χ3n) is 4.65. The molecule has 0 saturated carbocycles. The van der Waals surface area contributed by atoms with Crippen LogP contribution < -0.4 is 0 Å². The average Bonchev–Trinajstić information content (AvgIpc) is 2.39. The summed E-state index contributed by atoms with van der Waals surface area (Å²) in [6, 6.07) is 3.27. The van der Waals surface area contributed by atoms with E-state index in [0.29, 0.717) is 10.9 Å². The molecule has 0 radical (unpaired) electrons. The molecule has 0 heterocycles. The van der Waals surface area contributed by atoms with Gasteiger partial charge in [-0.15, -0.1) is 0 Å². The maximum absolute atomic E-state index is 14.9. The van der Waals surface area contributed by atoms with E-state index in [4.69, 9.17) is 0 Å². The zero-order valence-electron chi connectivity index (χ0n) is 13.2. The largest absolute Gasteiger partial charge is 0.258 e. The molecule has 1 rings (SSSR count). The molecular formula is C17H22BrF3. The SMILES string of the molecule is C=CC(C)(F)C(C)(c1cc(Br)c(C)c(CC)c1)C(C)(F)F. The summed E-state index contributed by atoms with van der Waals surface area (Å²) in [5, 5.41) is 0. The van der Waals surface area contributed by atoms with Crippen LogP contribution in [0.4, 0.5) is 13.2 Å². The molecule has 0 amide bonds.